The van der Waals surface area contributed by atoms with Crippen LogP contribution < -0.4 is 5.32 Å². The van der Waals surface area contributed by atoms with E-state index in [1.807, 2.05) is 7.05 Å². The predicted octanol–water partition coefficient (Wildman–Crippen LogP) is 2.28. The highest BCUT2D eigenvalue weighted by Gasteiger charge is 2.24. The van der Waals surface area contributed by atoms with Crippen LogP contribution in [0.15, 0.2) is 4.52 Å². The summed E-state index contributed by atoms with van der Waals surface area (Å²) in [4.78, 5) is 4.55. The molecule has 108 valence electrons. The summed E-state index contributed by atoms with van der Waals surface area (Å²) in [6.45, 7) is 5.15. The molecular formula is C14H25N3O2. The van der Waals surface area contributed by atoms with Gasteiger partial charge in [-0.2, -0.15) is 4.98 Å². The van der Waals surface area contributed by atoms with Crippen molar-refractivity contribution >= 4 is 0 Å². The van der Waals surface area contributed by atoms with E-state index in [0.717, 1.165) is 37.6 Å². The van der Waals surface area contributed by atoms with Gasteiger partial charge in [0, 0.05) is 19.1 Å². The summed E-state index contributed by atoms with van der Waals surface area (Å²) in [6, 6.07) is 0.337. The van der Waals surface area contributed by atoms with E-state index in [1.165, 1.54) is 12.8 Å². The molecular weight excluding hydrogens is 242 g/mol. The van der Waals surface area contributed by atoms with Crippen LogP contribution in [0.2, 0.25) is 0 Å². The molecule has 0 aromatic carbocycles. The molecule has 1 aliphatic heterocycles. The first-order chi connectivity index (χ1) is 9.24. The third-order valence-corrected chi connectivity index (χ3v) is 3.98. The highest BCUT2D eigenvalue weighted by molar-refractivity contribution is 4.98. The molecule has 5 heteroatoms. The average molecular weight is 267 g/mol. The van der Waals surface area contributed by atoms with Gasteiger partial charge in [0.2, 0.25) is 5.89 Å². The molecule has 0 spiro atoms. The Morgan fingerprint density at radius 1 is 1.42 bits per heavy atom. The molecule has 1 aromatic rings. The fourth-order valence-electron chi connectivity index (χ4n) is 2.62. The zero-order valence-corrected chi connectivity index (χ0v) is 12.2. The van der Waals surface area contributed by atoms with Crippen LogP contribution in [-0.2, 0) is 11.2 Å². The minimum Gasteiger partial charge on any atom is -0.378 e. The first-order valence-electron chi connectivity index (χ1n) is 7.36. The first-order valence-corrected chi connectivity index (χ1v) is 7.36. The van der Waals surface area contributed by atoms with Crippen LogP contribution in [0.25, 0.3) is 0 Å². The second kappa shape index (κ2) is 7.01. The van der Waals surface area contributed by atoms with E-state index in [0.29, 0.717) is 6.04 Å². The largest absolute Gasteiger partial charge is 0.378 e. The fourth-order valence-corrected chi connectivity index (χ4v) is 2.62. The van der Waals surface area contributed by atoms with Crippen LogP contribution in [0.5, 0.6) is 0 Å². The number of likely N-dealkylation sites (N-methyl/N-ethyl adjacent to an activating group) is 1. The molecule has 1 saturated heterocycles. The lowest BCUT2D eigenvalue weighted by Gasteiger charge is -2.21. The number of hydrogen-bond donors (Lipinski definition) is 1. The highest BCUT2D eigenvalue weighted by atomic mass is 16.5. The van der Waals surface area contributed by atoms with Crippen LogP contribution >= 0.6 is 0 Å². The Hall–Kier alpha value is -0.940. The van der Waals surface area contributed by atoms with Gasteiger partial charge >= 0.3 is 0 Å². The van der Waals surface area contributed by atoms with Crippen LogP contribution in [0.3, 0.4) is 0 Å². The number of rotatable bonds is 6. The van der Waals surface area contributed by atoms with Gasteiger partial charge in [0.05, 0.1) is 12.0 Å². The second-order valence-electron chi connectivity index (χ2n) is 5.33. The van der Waals surface area contributed by atoms with Crippen molar-refractivity contribution in [1.29, 1.82) is 0 Å². The van der Waals surface area contributed by atoms with E-state index in [9.17, 15) is 0 Å². The maximum absolute atomic E-state index is 5.71. The number of hydrogen-bond acceptors (Lipinski definition) is 5. The maximum atomic E-state index is 5.71. The summed E-state index contributed by atoms with van der Waals surface area (Å²) in [5.74, 6) is 1.80. The molecule has 2 rings (SSSR count). The van der Waals surface area contributed by atoms with Crippen molar-refractivity contribution in [2.75, 3.05) is 13.7 Å². The third kappa shape index (κ3) is 3.76. The van der Waals surface area contributed by atoms with Crippen molar-refractivity contribution in [1.82, 2.24) is 15.5 Å². The Morgan fingerprint density at radius 3 is 2.89 bits per heavy atom. The third-order valence-electron chi connectivity index (χ3n) is 3.98. The zero-order chi connectivity index (χ0) is 13.7. The molecule has 3 atom stereocenters. The molecule has 1 aromatic heterocycles. The summed E-state index contributed by atoms with van der Waals surface area (Å²) < 4.78 is 11.1. The Labute approximate surface area is 115 Å². The summed E-state index contributed by atoms with van der Waals surface area (Å²) in [5, 5.41) is 7.35. The predicted molar refractivity (Wildman–Crippen MR) is 73.1 cm³/mol. The van der Waals surface area contributed by atoms with Crippen LogP contribution in [0.4, 0.5) is 0 Å². The Kier molecular flexibility index (Phi) is 5.34. The SMILES string of the molecule is CCC(c1nc(CC2CCCCO2)no1)C(C)NC. The quantitative estimate of drug-likeness (QED) is 0.857. The molecule has 0 bridgehead atoms. The van der Waals surface area contributed by atoms with Crippen molar-refractivity contribution in [2.45, 2.75) is 64.0 Å². The van der Waals surface area contributed by atoms with Crippen LogP contribution in [0.1, 0.15) is 57.2 Å². The molecule has 2 heterocycles. The molecule has 1 N–H and O–H groups in total. The number of aromatic nitrogens is 2. The summed E-state index contributed by atoms with van der Waals surface area (Å²) in [5.41, 5.74) is 0. The minimum atomic E-state index is 0.265. The number of nitrogens with one attached hydrogen (secondary N) is 1. The lowest BCUT2D eigenvalue weighted by atomic mass is 9.98. The maximum Gasteiger partial charge on any atom is 0.231 e. The summed E-state index contributed by atoms with van der Waals surface area (Å²) in [7, 11) is 1.96. The molecule has 1 fully saturated rings. The smallest absolute Gasteiger partial charge is 0.231 e. The van der Waals surface area contributed by atoms with Gasteiger partial charge in [-0.1, -0.05) is 12.1 Å². The molecule has 1 aliphatic rings. The number of nitrogens with zero attached hydrogens (tertiary/aromatic N) is 2. The van der Waals surface area contributed by atoms with Crippen LogP contribution in [-0.4, -0.2) is 35.9 Å². The van der Waals surface area contributed by atoms with Crippen molar-refractivity contribution in [2.24, 2.45) is 0 Å². The molecule has 0 radical (unpaired) electrons. The Morgan fingerprint density at radius 2 is 2.26 bits per heavy atom. The van der Waals surface area contributed by atoms with Crippen molar-refractivity contribution in [3.05, 3.63) is 11.7 Å². The topological polar surface area (TPSA) is 60.2 Å². The lowest BCUT2D eigenvalue weighted by Crippen LogP contribution is -2.28. The van der Waals surface area contributed by atoms with E-state index in [1.54, 1.807) is 0 Å². The number of ether oxygens (including phenoxy) is 1. The Bertz CT molecular complexity index is 375. The molecule has 0 aliphatic carbocycles. The van der Waals surface area contributed by atoms with E-state index >= 15 is 0 Å². The van der Waals surface area contributed by atoms with Gasteiger partial charge in [-0.05, 0) is 39.7 Å². The van der Waals surface area contributed by atoms with Crippen molar-refractivity contribution < 1.29 is 9.26 Å². The highest BCUT2D eigenvalue weighted by Crippen LogP contribution is 2.22. The van der Waals surface area contributed by atoms with E-state index in [-0.39, 0.29) is 12.0 Å². The van der Waals surface area contributed by atoms with Gasteiger partial charge in [0.25, 0.3) is 0 Å². The van der Waals surface area contributed by atoms with Gasteiger partial charge < -0.3 is 14.6 Å². The van der Waals surface area contributed by atoms with E-state index in [2.05, 4.69) is 29.3 Å². The first kappa shape index (κ1) is 14.5. The van der Waals surface area contributed by atoms with E-state index < -0.39 is 0 Å². The van der Waals surface area contributed by atoms with Gasteiger partial charge in [0.1, 0.15) is 0 Å². The fraction of sp³-hybridized carbons (Fsp3) is 0.857. The molecule has 0 saturated carbocycles. The minimum absolute atomic E-state index is 0.265. The van der Waals surface area contributed by atoms with Crippen molar-refractivity contribution in [3.8, 4) is 0 Å². The standard InChI is InChI=1S/C14H25N3O2/c1-4-12(10(2)15-3)14-16-13(17-19-14)9-11-7-5-6-8-18-11/h10-12,15H,4-9H2,1-3H3. The summed E-state index contributed by atoms with van der Waals surface area (Å²) >= 11 is 0. The molecule has 19 heavy (non-hydrogen) atoms. The van der Waals surface area contributed by atoms with Gasteiger partial charge in [-0.25, -0.2) is 0 Å². The second-order valence-corrected chi connectivity index (χ2v) is 5.33. The van der Waals surface area contributed by atoms with Gasteiger partial charge in [-0.3, -0.25) is 0 Å². The average Bonchev–Trinajstić information content (AvgIpc) is 2.89. The molecule has 0 amide bonds. The molecule has 5 nitrogen and oxygen atoms in total. The van der Waals surface area contributed by atoms with E-state index in [4.69, 9.17) is 9.26 Å². The summed E-state index contributed by atoms with van der Waals surface area (Å²) in [6.07, 6.45) is 5.54. The van der Waals surface area contributed by atoms with Gasteiger partial charge in [0.15, 0.2) is 5.82 Å². The monoisotopic (exact) mass is 267 g/mol. The van der Waals surface area contributed by atoms with Crippen LogP contribution in [0, 0.1) is 0 Å². The van der Waals surface area contributed by atoms with Crippen molar-refractivity contribution in [3.63, 3.8) is 0 Å². The van der Waals surface area contributed by atoms with Gasteiger partial charge in [-0.15, -0.1) is 0 Å². The lowest BCUT2D eigenvalue weighted by molar-refractivity contribution is 0.0153. The zero-order valence-electron chi connectivity index (χ0n) is 12.2. The molecule has 3 unspecified atom stereocenters. The Balaban J connectivity index is 1.97. The normalized spacial score (nSPS) is 23.2.